The molecule has 3 rings (SSSR count). The summed E-state index contributed by atoms with van der Waals surface area (Å²) in [7, 11) is 2.59. The Hall–Kier alpha value is -1.79. The number of ether oxygens (including phenoxy) is 3. The van der Waals surface area contributed by atoms with Crippen LogP contribution in [0.1, 0.15) is 74.0 Å². The number of hydrogen-bond acceptors (Lipinski definition) is 6. The van der Waals surface area contributed by atoms with Crippen LogP contribution in [-0.2, 0) is 15.9 Å². The highest BCUT2D eigenvalue weighted by Gasteiger charge is 2.41. The highest BCUT2D eigenvalue weighted by atomic mass is 16.5. The van der Waals surface area contributed by atoms with Crippen molar-refractivity contribution in [3.63, 3.8) is 0 Å². The van der Waals surface area contributed by atoms with Crippen LogP contribution < -0.4 is 15.2 Å². The molecule has 0 spiro atoms. The van der Waals surface area contributed by atoms with E-state index in [-0.39, 0.29) is 22.6 Å². The third-order valence-corrected chi connectivity index (χ3v) is 5.19. The van der Waals surface area contributed by atoms with Crippen LogP contribution in [-0.4, -0.2) is 50.3 Å². The van der Waals surface area contributed by atoms with Crippen molar-refractivity contribution in [1.82, 2.24) is 4.90 Å². The molecule has 2 N–H and O–H groups in total. The molecule has 0 saturated carbocycles. The van der Waals surface area contributed by atoms with Gasteiger partial charge in [-0.15, -0.1) is 0 Å². The van der Waals surface area contributed by atoms with E-state index in [1.165, 1.54) is 26.4 Å². The van der Waals surface area contributed by atoms with E-state index in [1.54, 1.807) is 13.8 Å². The van der Waals surface area contributed by atoms with Crippen LogP contribution in [0.5, 0.6) is 11.5 Å². The molecule has 0 radical (unpaired) electrons. The number of nitrogens with zero attached hydrogens (tertiary/aromatic N) is 1. The Kier molecular flexibility index (Phi) is 3.74. The fourth-order valence-corrected chi connectivity index (χ4v) is 3.44. The molecule has 1 fully saturated rings. The molecule has 1 aromatic carbocycles. The standard InChI is InChI=1S/C24H38N2O4/c1-14(2)9-17-13-26-8-7-16-10-21(28-5)22(29-6)11-18(16)19(26)12-20(17)30-24(27)23(25)15(3)4/h10-11,14-15,17,19-20,23H,7-9,12-13,25H2,1-6H3/t17?,19?,20?,23-/m0/s1/i1D3,7D2,8D2,9D2,14D,19D,20D/t14?,17?,19?,20?,23-. The molecule has 0 amide bonds. The van der Waals surface area contributed by atoms with E-state index in [2.05, 4.69) is 0 Å². The van der Waals surface area contributed by atoms with Gasteiger partial charge in [0.1, 0.15) is 12.1 Å². The first kappa shape index (κ1) is 11.7. The number of benzene rings is 1. The lowest BCUT2D eigenvalue weighted by atomic mass is 9.79. The number of hydrogen-bond donors (Lipinski definition) is 1. The molecular formula is C24H38N2O4. The van der Waals surface area contributed by atoms with E-state index >= 15 is 0 Å². The van der Waals surface area contributed by atoms with Crippen LogP contribution in [0.3, 0.4) is 0 Å². The number of piperidine rings is 1. The van der Waals surface area contributed by atoms with E-state index in [4.69, 9.17) is 33.7 Å². The Morgan fingerprint density at radius 1 is 1.40 bits per heavy atom. The minimum atomic E-state index is -3.24. The van der Waals surface area contributed by atoms with Crippen LogP contribution in [0.25, 0.3) is 0 Å². The molecule has 1 saturated heterocycles. The zero-order valence-corrected chi connectivity index (χ0v) is 18.0. The average Bonchev–Trinajstić information content (AvgIpc) is 2.84. The van der Waals surface area contributed by atoms with Gasteiger partial charge in [0, 0.05) is 45.1 Å². The van der Waals surface area contributed by atoms with Gasteiger partial charge in [0.2, 0.25) is 0 Å². The number of fused-ring (bicyclic) bond motifs is 3. The monoisotopic (exact) mass is 430 g/mol. The average molecular weight is 431 g/mol. The van der Waals surface area contributed by atoms with E-state index in [9.17, 15) is 7.54 Å². The topological polar surface area (TPSA) is 74.0 Å². The lowest BCUT2D eigenvalue weighted by molar-refractivity contribution is -0.160. The van der Waals surface area contributed by atoms with Crippen LogP contribution in [0.15, 0.2) is 12.1 Å². The quantitative estimate of drug-likeness (QED) is 0.667. The van der Waals surface area contributed by atoms with Crippen LogP contribution in [0.4, 0.5) is 0 Å². The normalized spacial score (nSPS) is 41.9. The fourth-order valence-electron chi connectivity index (χ4n) is 3.44. The van der Waals surface area contributed by atoms with Crippen LogP contribution >= 0.6 is 0 Å². The van der Waals surface area contributed by atoms with Crippen LogP contribution in [0.2, 0.25) is 0 Å². The molecule has 2 heterocycles. The van der Waals surface area contributed by atoms with Gasteiger partial charge in [-0.2, -0.15) is 0 Å². The molecule has 4 unspecified atom stereocenters. The fraction of sp³-hybridized carbons (Fsp3) is 0.708. The Morgan fingerprint density at radius 2 is 2.10 bits per heavy atom. The predicted octanol–water partition coefficient (Wildman–Crippen LogP) is 3.56. The van der Waals surface area contributed by atoms with Gasteiger partial charge < -0.3 is 19.9 Å². The van der Waals surface area contributed by atoms with Crippen molar-refractivity contribution < 1.29 is 35.5 Å². The van der Waals surface area contributed by atoms with E-state index in [0.717, 1.165) is 6.92 Å². The summed E-state index contributed by atoms with van der Waals surface area (Å²) < 4.78 is 120. The summed E-state index contributed by atoms with van der Waals surface area (Å²) in [5, 5.41) is 0. The van der Waals surface area contributed by atoms with E-state index < -0.39 is 80.9 Å². The molecular weight excluding hydrogens is 380 g/mol. The maximum atomic E-state index is 13.1. The van der Waals surface area contributed by atoms with Gasteiger partial charge >= 0.3 is 5.97 Å². The minimum absolute atomic E-state index is 0.0483. The molecule has 0 aliphatic carbocycles. The van der Waals surface area contributed by atoms with Gasteiger partial charge in [0.25, 0.3) is 0 Å². The van der Waals surface area contributed by atoms with Gasteiger partial charge in [0.15, 0.2) is 11.5 Å². The molecule has 2 aliphatic rings. The summed E-state index contributed by atoms with van der Waals surface area (Å²) in [4.78, 5) is 13.8. The predicted molar refractivity (Wildman–Crippen MR) is 118 cm³/mol. The zero-order valence-electron chi connectivity index (χ0n) is 30.0. The smallest absolute Gasteiger partial charge is 0.323 e. The SMILES string of the molecule is [2H]C1(OC(=O)[C@@H](N)C(C)C)CC2([2H])c3cc(OC)c(OC)cc3C([2H])([2H])C([2H])([2H])N2CC1C([2H])([2H])C([2H])(C)C([2H])([2H])[2H]. The number of rotatable bonds is 7. The highest BCUT2D eigenvalue weighted by Crippen LogP contribution is 2.44. The van der Waals surface area contributed by atoms with E-state index in [1.807, 2.05) is 0 Å². The Balaban J connectivity index is 2.37. The summed E-state index contributed by atoms with van der Waals surface area (Å²) in [5.74, 6) is -6.43. The Morgan fingerprint density at radius 3 is 2.73 bits per heavy atom. The second kappa shape index (κ2) is 9.56. The summed E-state index contributed by atoms with van der Waals surface area (Å²) in [6, 6.07) is -1.19. The lowest BCUT2D eigenvalue weighted by Gasteiger charge is -2.47. The lowest BCUT2D eigenvalue weighted by Crippen LogP contribution is -2.51. The van der Waals surface area contributed by atoms with Crippen molar-refractivity contribution in [2.45, 2.75) is 64.9 Å². The molecule has 5 atom stereocenters. The minimum Gasteiger partial charge on any atom is -0.493 e. The maximum Gasteiger partial charge on any atom is 0.323 e. The molecule has 1 aromatic rings. The molecule has 0 aromatic heterocycles. The number of methoxy groups -OCH3 is 2. The largest absolute Gasteiger partial charge is 0.493 e. The molecule has 168 valence electrons. The molecule has 6 heteroatoms. The number of esters is 1. The number of carbonyl (C=O) groups excluding carboxylic acids is 1. The third kappa shape index (κ3) is 4.75. The van der Waals surface area contributed by atoms with Gasteiger partial charge in [-0.05, 0) is 47.8 Å². The summed E-state index contributed by atoms with van der Waals surface area (Å²) >= 11 is 0. The summed E-state index contributed by atoms with van der Waals surface area (Å²) in [6.45, 7) is -3.21. The number of carbonyl (C=O) groups is 1. The van der Waals surface area contributed by atoms with Gasteiger partial charge in [0.05, 0.1) is 17.0 Å². The second-order valence-electron chi connectivity index (χ2n) is 7.70. The Bertz CT molecular complexity index is 1220. The first-order valence-electron chi connectivity index (χ1n) is 15.8. The summed E-state index contributed by atoms with van der Waals surface area (Å²) in [6.07, 6.45) is -9.69. The van der Waals surface area contributed by atoms with Crippen molar-refractivity contribution in [2.75, 3.05) is 27.3 Å². The van der Waals surface area contributed by atoms with Gasteiger partial charge in [-0.1, -0.05) is 27.6 Å². The summed E-state index contributed by atoms with van der Waals surface area (Å²) in [5.41, 5.74) is 5.52. The molecule has 0 bridgehead atoms. The molecule has 2 aliphatic heterocycles. The molecule has 30 heavy (non-hydrogen) atoms. The van der Waals surface area contributed by atoms with Crippen molar-refractivity contribution in [3.8, 4) is 11.5 Å². The first-order chi connectivity index (χ1) is 18.8. The maximum absolute atomic E-state index is 13.1. The zero-order chi connectivity index (χ0) is 32.6. The third-order valence-electron chi connectivity index (χ3n) is 5.19. The van der Waals surface area contributed by atoms with E-state index in [0.29, 0.717) is 4.90 Å². The van der Waals surface area contributed by atoms with Gasteiger partial charge in [-0.3, -0.25) is 9.69 Å². The van der Waals surface area contributed by atoms with Crippen molar-refractivity contribution in [2.24, 2.45) is 23.5 Å². The Labute approximate surface area is 197 Å². The first-order valence-corrected chi connectivity index (χ1v) is 9.81. The number of nitrogens with two attached hydrogens (primary N) is 1. The highest BCUT2D eigenvalue weighted by molar-refractivity contribution is 5.76. The molecule has 6 nitrogen and oxygen atoms in total. The van der Waals surface area contributed by atoms with Crippen molar-refractivity contribution in [1.29, 1.82) is 0 Å². The van der Waals surface area contributed by atoms with Crippen LogP contribution in [0, 0.1) is 17.7 Å². The van der Waals surface area contributed by atoms with Crippen molar-refractivity contribution >= 4 is 5.97 Å². The second-order valence-corrected chi connectivity index (χ2v) is 7.70. The van der Waals surface area contributed by atoms with Crippen molar-refractivity contribution in [3.05, 3.63) is 23.3 Å². The number of aryl methyl sites for hydroxylation is 1. The van der Waals surface area contributed by atoms with Gasteiger partial charge in [-0.25, -0.2) is 0 Å².